The van der Waals surface area contributed by atoms with Crippen LogP contribution in [0.4, 0.5) is 8.78 Å². The molecule has 2 heterocycles. The van der Waals surface area contributed by atoms with E-state index in [4.69, 9.17) is 14.2 Å². The van der Waals surface area contributed by atoms with Gasteiger partial charge in [-0.3, -0.25) is 14.5 Å². The molecule has 1 aliphatic rings. The molecule has 1 aliphatic heterocycles. The van der Waals surface area contributed by atoms with Gasteiger partial charge in [-0.25, -0.2) is 8.78 Å². The zero-order valence-electron chi connectivity index (χ0n) is 20.1. The van der Waals surface area contributed by atoms with Gasteiger partial charge in [-0.05, 0) is 49.2 Å². The van der Waals surface area contributed by atoms with Gasteiger partial charge in [0.1, 0.15) is 12.4 Å². The quantitative estimate of drug-likeness (QED) is 0.468. The van der Waals surface area contributed by atoms with Crippen LogP contribution in [0.2, 0.25) is 0 Å². The van der Waals surface area contributed by atoms with E-state index in [1.807, 2.05) is 38.2 Å². The first-order valence-corrected chi connectivity index (χ1v) is 11.3. The minimum atomic E-state index is -1.09. The maximum absolute atomic E-state index is 14.4. The smallest absolute Gasteiger partial charge is 0.302 e. The lowest BCUT2D eigenvalue weighted by Crippen LogP contribution is -2.38. The van der Waals surface area contributed by atoms with Crippen LogP contribution in [0.1, 0.15) is 42.8 Å². The lowest BCUT2D eigenvalue weighted by Gasteiger charge is -2.38. The zero-order valence-corrected chi connectivity index (χ0v) is 20.1. The number of carbonyl (C=O) groups excluding carboxylic acids is 1. The number of hydrogen-bond donors (Lipinski definition) is 0. The van der Waals surface area contributed by atoms with Crippen LogP contribution in [0.3, 0.4) is 0 Å². The molecule has 4 rings (SSSR count). The van der Waals surface area contributed by atoms with E-state index >= 15 is 0 Å². The molecule has 0 radical (unpaired) electrons. The van der Waals surface area contributed by atoms with Crippen molar-refractivity contribution in [3.63, 3.8) is 0 Å². The first-order valence-electron chi connectivity index (χ1n) is 11.3. The predicted octanol–water partition coefficient (Wildman–Crippen LogP) is 4.12. The molecule has 1 unspecified atom stereocenters. The molecule has 1 aromatic heterocycles. The molecule has 7 nitrogen and oxygen atoms in total. The van der Waals surface area contributed by atoms with Crippen molar-refractivity contribution in [3.05, 3.63) is 75.2 Å². The highest BCUT2D eigenvalue weighted by molar-refractivity contribution is 5.86. The zero-order chi connectivity index (χ0) is 25.3. The highest BCUT2D eigenvalue weighted by atomic mass is 19.2. The van der Waals surface area contributed by atoms with Crippen LogP contribution in [-0.4, -0.2) is 42.8 Å². The number of rotatable bonds is 7. The summed E-state index contributed by atoms with van der Waals surface area (Å²) in [4.78, 5) is 26.6. The Bertz CT molecular complexity index is 1310. The number of carbonyl (C=O) groups is 1. The number of methoxy groups -OCH3 is 1. The van der Waals surface area contributed by atoms with Crippen LogP contribution in [0.15, 0.2) is 41.2 Å². The third-order valence-electron chi connectivity index (χ3n) is 6.63. The highest BCUT2D eigenvalue weighted by Gasteiger charge is 2.33. The molecule has 0 N–H and O–H groups in total. The Kier molecular flexibility index (Phi) is 7.18. The van der Waals surface area contributed by atoms with E-state index in [0.29, 0.717) is 23.3 Å². The number of ether oxygens (including phenoxy) is 3. The van der Waals surface area contributed by atoms with Crippen LogP contribution in [-0.2, 0) is 27.4 Å². The average Bonchev–Trinajstić information content (AvgIpc) is 2.85. The number of aromatic nitrogens is 1. The second kappa shape index (κ2) is 10.1. The summed E-state index contributed by atoms with van der Waals surface area (Å²) in [5.41, 5.74) is 1.81. The molecule has 0 bridgehead atoms. The number of fused-ring (bicyclic) bond motifs is 3. The summed E-state index contributed by atoms with van der Waals surface area (Å²) in [6.07, 6.45) is 0. The molecule has 9 heteroatoms. The molecule has 2 aromatic carbocycles. The third-order valence-corrected chi connectivity index (χ3v) is 6.63. The molecule has 2 atom stereocenters. The van der Waals surface area contributed by atoms with Crippen molar-refractivity contribution in [3.8, 4) is 5.75 Å². The van der Waals surface area contributed by atoms with Crippen LogP contribution < -0.4 is 10.3 Å². The van der Waals surface area contributed by atoms with Crippen molar-refractivity contribution in [1.82, 2.24) is 9.47 Å². The first-order chi connectivity index (χ1) is 16.7. The summed E-state index contributed by atoms with van der Waals surface area (Å²) >= 11 is 0. The normalized spacial score (nSPS) is 16.3. The summed E-state index contributed by atoms with van der Waals surface area (Å²) in [7, 11) is 3.53. The van der Waals surface area contributed by atoms with Crippen molar-refractivity contribution in [2.24, 2.45) is 0 Å². The molecule has 0 fully saturated rings. The maximum Gasteiger partial charge on any atom is 0.302 e. The van der Waals surface area contributed by atoms with Gasteiger partial charge in [-0.1, -0.05) is 12.1 Å². The number of likely N-dealkylation sites (N-methyl/N-ethyl adjacent to an activating group) is 1. The topological polar surface area (TPSA) is 70.0 Å². The summed E-state index contributed by atoms with van der Waals surface area (Å²) in [5.74, 6) is -1.84. The highest BCUT2D eigenvalue weighted by Crippen LogP contribution is 2.38. The fourth-order valence-corrected chi connectivity index (χ4v) is 4.62. The fraction of sp³-hybridized carbons (Fsp3) is 0.385. The lowest BCUT2D eigenvalue weighted by molar-refractivity contribution is -0.141. The number of nitrogens with zero attached hydrogens (tertiary/aromatic N) is 2. The molecule has 186 valence electrons. The summed E-state index contributed by atoms with van der Waals surface area (Å²) in [6, 6.07) is 9.32. The molecule has 0 aliphatic carbocycles. The number of pyridine rings is 1. The summed E-state index contributed by atoms with van der Waals surface area (Å²) < 4.78 is 46.2. The molecular weight excluding hydrogens is 458 g/mol. The van der Waals surface area contributed by atoms with Crippen LogP contribution >= 0.6 is 0 Å². The Hall–Kier alpha value is -3.30. The Balaban J connectivity index is 1.84. The van der Waals surface area contributed by atoms with Crippen molar-refractivity contribution in [2.45, 2.75) is 39.1 Å². The van der Waals surface area contributed by atoms with E-state index in [0.717, 1.165) is 23.4 Å². The summed E-state index contributed by atoms with van der Waals surface area (Å²) in [5, 5.41) is 0.428. The first kappa shape index (κ1) is 24.8. The van der Waals surface area contributed by atoms with E-state index < -0.39 is 23.2 Å². The standard InChI is InChI=1S/C26H28F2N2O5/c1-15(17-5-7-18(33-4)8-6-17)29(3)23-13-34-14-24-25(23)19-11-21(27)22(28)12-20(19)26(32)30(24)9-10-35-16(2)31/h5-8,11-12,15,23H,9-10,13-14H2,1-4H3/t15?,23-/m1/s1. The van der Waals surface area contributed by atoms with Gasteiger partial charge < -0.3 is 18.8 Å². The number of halogens is 2. The van der Waals surface area contributed by atoms with E-state index in [1.54, 1.807) is 7.11 Å². The van der Waals surface area contributed by atoms with E-state index in [9.17, 15) is 18.4 Å². The van der Waals surface area contributed by atoms with Gasteiger partial charge in [0.05, 0.1) is 44.0 Å². The monoisotopic (exact) mass is 486 g/mol. The van der Waals surface area contributed by atoms with Crippen molar-refractivity contribution < 1.29 is 27.8 Å². The SMILES string of the molecule is COc1ccc(C(C)N(C)[C@@H]2COCc3c2c2cc(F)c(F)cc2c(=O)n3CCOC(C)=O)cc1. The number of esters is 1. The van der Waals surface area contributed by atoms with Crippen molar-refractivity contribution >= 4 is 16.7 Å². The van der Waals surface area contributed by atoms with Crippen LogP contribution in [0.5, 0.6) is 5.75 Å². The summed E-state index contributed by atoms with van der Waals surface area (Å²) in [6.45, 7) is 3.80. The van der Waals surface area contributed by atoms with Gasteiger partial charge in [0.25, 0.3) is 5.56 Å². The fourth-order valence-electron chi connectivity index (χ4n) is 4.62. The second-order valence-corrected chi connectivity index (χ2v) is 8.61. The Morgan fingerprint density at radius 2 is 1.86 bits per heavy atom. The number of benzene rings is 2. The predicted molar refractivity (Wildman–Crippen MR) is 126 cm³/mol. The second-order valence-electron chi connectivity index (χ2n) is 8.61. The van der Waals surface area contributed by atoms with Crippen LogP contribution in [0.25, 0.3) is 10.8 Å². The Morgan fingerprint density at radius 1 is 1.20 bits per heavy atom. The number of hydrogen-bond acceptors (Lipinski definition) is 6. The molecule has 0 amide bonds. The minimum Gasteiger partial charge on any atom is -0.497 e. The molecule has 35 heavy (non-hydrogen) atoms. The van der Waals surface area contributed by atoms with E-state index in [-0.39, 0.29) is 37.2 Å². The maximum atomic E-state index is 14.4. The lowest BCUT2D eigenvalue weighted by atomic mass is 9.93. The minimum absolute atomic E-state index is 0.0282. The molecule has 0 spiro atoms. The van der Waals surface area contributed by atoms with Gasteiger partial charge >= 0.3 is 5.97 Å². The molecule has 3 aromatic rings. The Morgan fingerprint density at radius 3 is 2.49 bits per heavy atom. The van der Waals surface area contributed by atoms with Gasteiger partial charge in [-0.2, -0.15) is 0 Å². The van der Waals surface area contributed by atoms with Crippen LogP contribution in [0, 0.1) is 11.6 Å². The average molecular weight is 487 g/mol. The third kappa shape index (κ3) is 4.78. The van der Waals surface area contributed by atoms with E-state index in [1.165, 1.54) is 11.5 Å². The Labute approximate surface area is 201 Å². The molecular formula is C26H28F2N2O5. The largest absolute Gasteiger partial charge is 0.497 e. The van der Waals surface area contributed by atoms with Gasteiger partial charge in [0.15, 0.2) is 11.6 Å². The van der Waals surface area contributed by atoms with Gasteiger partial charge in [-0.15, -0.1) is 0 Å². The van der Waals surface area contributed by atoms with E-state index in [2.05, 4.69) is 4.90 Å². The van der Waals surface area contributed by atoms with Crippen molar-refractivity contribution in [1.29, 1.82) is 0 Å². The van der Waals surface area contributed by atoms with Crippen molar-refractivity contribution in [2.75, 3.05) is 27.4 Å². The molecule has 0 saturated heterocycles. The van der Waals surface area contributed by atoms with Gasteiger partial charge in [0.2, 0.25) is 0 Å². The molecule has 0 saturated carbocycles. The van der Waals surface area contributed by atoms with Gasteiger partial charge in [0, 0.05) is 18.5 Å².